The molecule has 0 saturated heterocycles. The maximum Gasteiger partial charge on any atom is 0.449 e. The number of carbonyl (C=O) groups is 1. The second kappa shape index (κ2) is 11.9. The maximum absolute atomic E-state index is 13.0. The van der Waals surface area contributed by atoms with E-state index in [1.165, 1.54) is 42.5 Å². The van der Waals surface area contributed by atoms with Gasteiger partial charge in [-0.25, -0.2) is 4.79 Å². The van der Waals surface area contributed by atoms with Crippen LogP contribution in [-0.4, -0.2) is 16.7 Å². The number of aromatic hydroxyl groups is 1. The standard InChI is InChI=1S/C21H16F3NO4.C10H3BrF3NO/c1-20(2,3)29-19(27)14-5-4-12(8-16(14)26)15-7-11(10-25)6-13-9-17(21(22,23)24)28-18(13)15;11-7-2-5(4-15)1-6-3-8(10(12,13)14)16-9(6)7/h4-9,26H,1-3H3;1-3H. The van der Waals surface area contributed by atoms with E-state index < -0.39 is 41.2 Å². The molecule has 0 spiro atoms. The maximum atomic E-state index is 13.0. The predicted molar refractivity (Wildman–Crippen MR) is 152 cm³/mol. The largest absolute Gasteiger partial charge is 0.507 e. The zero-order chi connectivity index (χ0) is 33.5. The monoisotopic (exact) mass is 692 g/mol. The summed E-state index contributed by atoms with van der Waals surface area (Å²) in [5.74, 6) is -3.42. The number of benzene rings is 3. The van der Waals surface area contributed by atoms with Gasteiger partial charge in [-0.15, -0.1) is 0 Å². The van der Waals surface area contributed by atoms with Crippen LogP contribution in [0.15, 0.2) is 67.9 Å². The molecule has 0 saturated carbocycles. The highest BCUT2D eigenvalue weighted by atomic mass is 79.9. The molecule has 2 heterocycles. The quantitative estimate of drug-likeness (QED) is 0.144. The van der Waals surface area contributed by atoms with Crippen molar-refractivity contribution in [2.24, 2.45) is 0 Å². The minimum Gasteiger partial charge on any atom is -0.507 e. The summed E-state index contributed by atoms with van der Waals surface area (Å²) in [6.45, 7) is 5.03. The SMILES string of the molecule is CC(C)(C)OC(=O)c1ccc(-c2cc(C#N)cc3cc(C(F)(F)F)oc23)cc1O.N#Cc1cc(Br)c2oc(C(F)(F)F)cc2c1. The third-order valence-corrected chi connectivity index (χ3v) is 6.52. The second-order valence-corrected chi connectivity index (χ2v) is 11.3. The molecule has 14 heteroatoms. The van der Waals surface area contributed by atoms with Gasteiger partial charge >= 0.3 is 18.3 Å². The lowest BCUT2D eigenvalue weighted by Gasteiger charge is -2.20. The number of furan rings is 2. The van der Waals surface area contributed by atoms with Crippen molar-refractivity contribution >= 4 is 43.8 Å². The number of rotatable bonds is 2. The summed E-state index contributed by atoms with van der Waals surface area (Å²) in [6.07, 6.45) is -9.21. The number of halogens is 7. The molecule has 0 aliphatic heterocycles. The van der Waals surface area contributed by atoms with Crippen molar-refractivity contribution < 1.29 is 49.8 Å². The third-order valence-electron chi connectivity index (χ3n) is 5.93. The van der Waals surface area contributed by atoms with Gasteiger partial charge in [-0.05, 0) is 90.8 Å². The number of hydrogen-bond acceptors (Lipinski definition) is 7. The van der Waals surface area contributed by atoms with Crippen molar-refractivity contribution in [3.05, 3.63) is 87.3 Å². The first-order valence-electron chi connectivity index (χ1n) is 12.6. The Morgan fingerprint density at radius 1 is 0.800 bits per heavy atom. The molecule has 3 aromatic carbocycles. The lowest BCUT2D eigenvalue weighted by molar-refractivity contribution is -0.152. The van der Waals surface area contributed by atoms with Crippen LogP contribution in [0, 0.1) is 22.7 Å². The Bertz CT molecular complexity index is 2020. The molecule has 2 aromatic heterocycles. The number of phenols is 1. The van der Waals surface area contributed by atoms with Crippen molar-refractivity contribution in [1.82, 2.24) is 0 Å². The Kier molecular flexibility index (Phi) is 8.68. The van der Waals surface area contributed by atoms with Gasteiger partial charge in [0.05, 0.1) is 27.7 Å². The van der Waals surface area contributed by atoms with Crippen LogP contribution in [0.25, 0.3) is 33.1 Å². The summed E-state index contributed by atoms with van der Waals surface area (Å²) in [7, 11) is 0. The highest BCUT2D eigenvalue weighted by molar-refractivity contribution is 9.10. The average molecular weight is 693 g/mol. The molecule has 0 atom stereocenters. The highest BCUT2D eigenvalue weighted by Crippen LogP contribution is 2.40. The van der Waals surface area contributed by atoms with Gasteiger partial charge in [0.15, 0.2) is 0 Å². The molecular formula is C31H19BrF6N2O5. The number of nitrogens with zero attached hydrogens (tertiary/aromatic N) is 2. The van der Waals surface area contributed by atoms with Crippen molar-refractivity contribution in [1.29, 1.82) is 10.5 Å². The van der Waals surface area contributed by atoms with Crippen LogP contribution < -0.4 is 0 Å². The predicted octanol–water partition coefficient (Wildman–Crippen LogP) is 9.74. The van der Waals surface area contributed by atoms with Gasteiger partial charge in [0.1, 0.15) is 28.1 Å². The third kappa shape index (κ3) is 7.41. The van der Waals surface area contributed by atoms with Crippen LogP contribution in [0.3, 0.4) is 0 Å². The lowest BCUT2D eigenvalue weighted by Crippen LogP contribution is -2.23. The fourth-order valence-electron chi connectivity index (χ4n) is 4.09. The summed E-state index contributed by atoms with van der Waals surface area (Å²) in [6, 6.07) is 14.8. The Hall–Kier alpha value is -4.95. The van der Waals surface area contributed by atoms with Gasteiger partial charge in [-0.1, -0.05) is 6.07 Å². The van der Waals surface area contributed by atoms with Crippen LogP contribution in [0.5, 0.6) is 5.75 Å². The Balaban J connectivity index is 0.000000242. The molecule has 0 amide bonds. The molecule has 0 fully saturated rings. The van der Waals surface area contributed by atoms with Gasteiger partial charge in [-0.2, -0.15) is 36.9 Å². The van der Waals surface area contributed by atoms with Crippen LogP contribution in [0.1, 0.15) is 53.8 Å². The van der Waals surface area contributed by atoms with Crippen LogP contribution in [0.2, 0.25) is 0 Å². The Morgan fingerprint density at radius 2 is 1.31 bits per heavy atom. The molecule has 7 nitrogen and oxygen atoms in total. The van der Waals surface area contributed by atoms with Crippen molar-refractivity contribution in [2.45, 2.75) is 38.7 Å². The van der Waals surface area contributed by atoms with Crippen LogP contribution >= 0.6 is 15.9 Å². The first-order valence-corrected chi connectivity index (χ1v) is 13.4. The van der Waals surface area contributed by atoms with E-state index in [1.54, 1.807) is 20.8 Å². The normalized spacial score (nSPS) is 11.9. The van der Waals surface area contributed by atoms with E-state index in [0.29, 0.717) is 4.47 Å². The minimum absolute atomic E-state index is 0.0826. The number of ether oxygens (including phenoxy) is 1. The number of nitriles is 2. The summed E-state index contributed by atoms with van der Waals surface area (Å²) < 4.78 is 91.4. The highest BCUT2D eigenvalue weighted by Gasteiger charge is 2.36. The molecule has 0 aliphatic carbocycles. The number of esters is 1. The van der Waals surface area contributed by atoms with Gasteiger partial charge in [0, 0.05) is 16.3 Å². The minimum atomic E-state index is -4.69. The van der Waals surface area contributed by atoms with Gasteiger partial charge in [0.2, 0.25) is 11.5 Å². The van der Waals surface area contributed by atoms with Crippen molar-refractivity contribution in [3.63, 3.8) is 0 Å². The first-order chi connectivity index (χ1) is 20.8. The van der Waals surface area contributed by atoms with E-state index in [1.807, 2.05) is 12.1 Å². The zero-order valence-electron chi connectivity index (χ0n) is 23.3. The second-order valence-electron chi connectivity index (χ2n) is 10.5. The fourth-order valence-corrected chi connectivity index (χ4v) is 4.65. The molecule has 0 aliphatic rings. The number of alkyl halides is 6. The zero-order valence-corrected chi connectivity index (χ0v) is 24.9. The topological polar surface area (TPSA) is 120 Å². The molecule has 1 N–H and O–H groups in total. The van der Waals surface area contributed by atoms with E-state index in [0.717, 1.165) is 12.1 Å². The average Bonchev–Trinajstić information content (AvgIpc) is 3.57. The molecule has 5 aromatic rings. The molecule has 45 heavy (non-hydrogen) atoms. The van der Waals surface area contributed by atoms with E-state index >= 15 is 0 Å². The first kappa shape index (κ1) is 33.0. The molecule has 232 valence electrons. The number of fused-ring (bicyclic) bond motifs is 2. The summed E-state index contributed by atoms with van der Waals surface area (Å²) in [4.78, 5) is 12.2. The summed E-state index contributed by atoms with van der Waals surface area (Å²) in [5.41, 5.74) is 0.00327. The molecule has 5 rings (SSSR count). The summed E-state index contributed by atoms with van der Waals surface area (Å²) >= 11 is 3.06. The number of hydrogen-bond donors (Lipinski definition) is 1. The molecule has 0 radical (unpaired) electrons. The van der Waals surface area contributed by atoms with E-state index in [9.17, 15) is 41.5 Å². The lowest BCUT2D eigenvalue weighted by atomic mass is 9.99. The van der Waals surface area contributed by atoms with Crippen LogP contribution in [0.4, 0.5) is 26.3 Å². The summed E-state index contributed by atoms with van der Waals surface area (Å²) in [5, 5.41) is 28.5. The van der Waals surface area contributed by atoms with Crippen LogP contribution in [-0.2, 0) is 17.1 Å². The smallest absolute Gasteiger partial charge is 0.449 e. The van der Waals surface area contributed by atoms with Gasteiger partial charge in [-0.3, -0.25) is 0 Å². The fraction of sp³-hybridized carbons (Fsp3) is 0.194. The number of carbonyl (C=O) groups excluding carboxylic acids is 1. The molecular weight excluding hydrogens is 674 g/mol. The molecule has 0 unspecified atom stereocenters. The van der Waals surface area contributed by atoms with Crippen molar-refractivity contribution in [3.8, 4) is 29.0 Å². The van der Waals surface area contributed by atoms with Gasteiger partial charge < -0.3 is 18.7 Å². The van der Waals surface area contributed by atoms with E-state index in [2.05, 4.69) is 20.3 Å². The van der Waals surface area contributed by atoms with E-state index in [-0.39, 0.29) is 49.8 Å². The van der Waals surface area contributed by atoms with E-state index in [4.69, 9.17) is 14.4 Å². The number of phenolic OH excluding ortho intramolecular Hbond substituents is 1. The Labute approximate surface area is 259 Å². The van der Waals surface area contributed by atoms with Gasteiger partial charge in [0.25, 0.3) is 0 Å². The molecule has 0 bridgehead atoms. The van der Waals surface area contributed by atoms with Crippen molar-refractivity contribution in [2.75, 3.05) is 0 Å². The Morgan fingerprint density at radius 3 is 1.80 bits per heavy atom.